The summed E-state index contributed by atoms with van der Waals surface area (Å²) >= 11 is 1.20. The number of carbonyl (C=O) groups is 1. The van der Waals surface area contributed by atoms with E-state index in [0.29, 0.717) is 41.4 Å². The van der Waals surface area contributed by atoms with Crippen LogP contribution < -0.4 is 10.1 Å². The summed E-state index contributed by atoms with van der Waals surface area (Å²) in [5.41, 5.74) is 0. The maximum Gasteiger partial charge on any atom is 0.277 e. The minimum atomic E-state index is -0.455. The number of carbonyl (C=O) groups excluding carboxylic acids is 1. The predicted molar refractivity (Wildman–Crippen MR) is 105 cm³/mol. The summed E-state index contributed by atoms with van der Waals surface area (Å²) in [5.74, 6) is 6.87. The fraction of sp³-hybridized carbons (Fsp3) is 0.556. The van der Waals surface area contributed by atoms with Gasteiger partial charge >= 0.3 is 0 Å². The van der Waals surface area contributed by atoms with Gasteiger partial charge < -0.3 is 19.7 Å². The van der Waals surface area contributed by atoms with Crippen molar-refractivity contribution in [3.8, 4) is 17.0 Å². The summed E-state index contributed by atoms with van der Waals surface area (Å²) < 4.78 is 11.3. The summed E-state index contributed by atoms with van der Waals surface area (Å²) in [7, 11) is 0. The molecule has 1 amide bonds. The fourth-order valence-corrected chi connectivity index (χ4v) is 2.93. The number of hydrogen-bond acceptors (Lipinski definition) is 6. The Balaban J connectivity index is 0.00000338. The van der Waals surface area contributed by atoms with E-state index in [2.05, 4.69) is 42.6 Å². The van der Waals surface area contributed by atoms with Gasteiger partial charge in [-0.3, -0.25) is 4.79 Å². The van der Waals surface area contributed by atoms with Crippen LogP contribution in [0.4, 0.5) is 0 Å². The number of aromatic nitrogens is 1. The lowest BCUT2D eigenvalue weighted by molar-refractivity contribution is -0.00478. The highest BCUT2D eigenvalue weighted by Gasteiger charge is 2.30. The van der Waals surface area contributed by atoms with Crippen LogP contribution in [0.3, 0.4) is 0 Å². The molecule has 6 nitrogen and oxygen atoms in total. The monoisotopic (exact) mass is 399 g/mol. The number of ether oxygens (including phenoxy) is 2. The van der Waals surface area contributed by atoms with Crippen molar-refractivity contribution >= 4 is 29.7 Å². The topological polar surface area (TPSA) is 63.7 Å². The number of hydrogen-bond donors (Lipinski definition) is 1. The van der Waals surface area contributed by atoms with Crippen molar-refractivity contribution in [3.63, 3.8) is 0 Å². The molecule has 1 aromatic rings. The van der Waals surface area contributed by atoms with Crippen LogP contribution in [0.5, 0.6) is 5.19 Å². The van der Waals surface area contributed by atoms with Gasteiger partial charge in [-0.1, -0.05) is 25.2 Å². The van der Waals surface area contributed by atoms with Crippen molar-refractivity contribution in [1.29, 1.82) is 0 Å². The van der Waals surface area contributed by atoms with Gasteiger partial charge in [0.25, 0.3) is 17.4 Å². The average molecular weight is 400 g/mol. The summed E-state index contributed by atoms with van der Waals surface area (Å²) in [6, 6.07) is 0.289. The Labute approximate surface area is 165 Å². The van der Waals surface area contributed by atoms with Crippen molar-refractivity contribution in [2.75, 3.05) is 13.1 Å². The molecule has 26 heavy (non-hydrogen) atoms. The second-order valence-electron chi connectivity index (χ2n) is 6.28. The van der Waals surface area contributed by atoms with E-state index >= 15 is 0 Å². The van der Waals surface area contributed by atoms with E-state index in [9.17, 15) is 4.79 Å². The molecule has 2 rings (SSSR count). The van der Waals surface area contributed by atoms with Crippen LogP contribution in [0.25, 0.3) is 0 Å². The third-order valence-electron chi connectivity index (χ3n) is 3.42. The first-order valence-corrected chi connectivity index (χ1v) is 9.19. The number of nitrogens with zero attached hydrogens (tertiary/aromatic N) is 2. The van der Waals surface area contributed by atoms with E-state index in [-0.39, 0.29) is 24.4 Å². The molecule has 0 spiro atoms. The molecular formula is C18H26ClN3O3S. The summed E-state index contributed by atoms with van der Waals surface area (Å²) in [4.78, 5) is 18.8. The van der Waals surface area contributed by atoms with E-state index in [1.54, 1.807) is 0 Å². The normalized spacial score (nSPS) is 16.0. The van der Waals surface area contributed by atoms with Crippen molar-refractivity contribution in [3.05, 3.63) is 23.5 Å². The maximum atomic E-state index is 12.1. The van der Waals surface area contributed by atoms with Crippen LogP contribution in [0.2, 0.25) is 0 Å². The third kappa shape index (κ3) is 6.43. The Hall–Kier alpha value is -1.91. The summed E-state index contributed by atoms with van der Waals surface area (Å²) in [5, 5.41) is 3.24. The maximum absolute atomic E-state index is 12.1. The zero-order valence-electron chi connectivity index (χ0n) is 15.6. The van der Waals surface area contributed by atoms with Crippen molar-refractivity contribution < 1.29 is 14.3 Å². The lowest BCUT2D eigenvalue weighted by Crippen LogP contribution is -2.29. The summed E-state index contributed by atoms with van der Waals surface area (Å²) in [6.07, 6.45) is 1.69. The number of thiazole rings is 1. The average Bonchev–Trinajstić information content (AvgIpc) is 3.13. The molecule has 1 aliphatic rings. The number of nitrogens with one attached hydrogen (secondary N) is 1. The van der Waals surface area contributed by atoms with E-state index in [1.165, 1.54) is 17.5 Å². The molecular weight excluding hydrogens is 374 g/mol. The first-order valence-electron chi connectivity index (χ1n) is 8.38. The molecule has 2 heterocycles. The van der Waals surface area contributed by atoms with Crippen LogP contribution in [0, 0.1) is 17.8 Å². The Bertz CT molecular complexity index is 679. The fourth-order valence-electron chi connectivity index (χ4n) is 2.21. The molecule has 1 aromatic heterocycles. The van der Waals surface area contributed by atoms with Gasteiger partial charge in [0, 0.05) is 24.9 Å². The van der Waals surface area contributed by atoms with Crippen LogP contribution in [-0.2, 0) is 4.74 Å². The standard InChI is InChI=1S/C18H25N3O3S.ClH/c1-12(2)8-6-7-9-19-17(22)15-10-20-18(25-15)24-16-11-21(13(3)4)14(5)23-16;/h10,12-13,16H,5,7,9,11H2,1-4H3,(H,19,22);1H. The minimum absolute atomic E-state index is 0. The lowest BCUT2D eigenvalue weighted by atomic mass is 10.2. The highest BCUT2D eigenvalue weighted by molar-refractivity contribution is 7.15. The molecule has 0 aliphatic carbocycles. The molecule has 1 saturated heterocycles. The molecule has 1 unspecified atom stereocenters. The van der Waals surface area contributed by atoms with E-state index in [0.717, 1.165) is 0 Å². The number of halogens is 1. The van der Waals surface area contributed by atoms with Crippen LogP contribution in [0.15, 0.2) is 18.7 Å². The van der Waals surface area contributed by atoms with Crippen LogP contribution in [0.1, 0.15) is 43.8 Å². The Morgan fingerprint density at radius 3 is 2.88 bits per heavy atom. The minimum Gasteiger partial charge on any atom is -0.438 e. The SMILES string of the molecule is C=C1OC(Oc2ncc(C(=O)NCCC#CC(C)C)s2)CN1C(C)C.Cl. The molecule has 0 radical (unpaired) electrons. The van der Waals surface area contributed by atoms with Crippen LogP contribution >= 0.6 is 23.7 Å². The largest absolute Gasteiger partial charge is 0.438 e. The molecule has 1 aliphatic heterocycles. The molecule has 1 N–H and O–H groups in total. The Morgan fingerprint density at radius 2 is 2.27 bits per heavy atom. The molecule has 8 heteroatoms. The van der Waals surface area contributed by atoms with Crippen molar-refractivity contribution in [2.24, 2.45) is 5.92 Å². The number of amides is 1. The molecule has 0 bridgehead atoms. The molecule has 0 saturated carbocycles. The van der Waals surface area contributed by atoms with Crippen LogP contribution in [-0.4, -0.2) is 41.2 Å². The lowest BCUT2D eigenvalue weighted by Gasteiger charge is -2.19. The van der Waals surface area contributed by atoms with Gasteiger partial charge in [-0.15, -0.1) is 24.2 Å². The molecule has 144 valence electrons. The van der Waals surface area contributed by atoms with Crippen molar-refractivity contribution in [2.45, 2.75) is 46.4 Å². The molecule has 1 fully saturated rings. The highest BCUT2D eigenvalue weighted by Crippen LogP contribution is 2.26. The predicted octanol–water partition coefficient (Wildman–Crippen LogP) is 3.26. The molecule has 0 aromatic carbocycles. The van der Waals surface area contributed by atoms with E-state index in [4.69, 9.17) is 9.47 Å². The second kappa shape index (κ2) is 10.3. The number of rotatable bonds is 6. The van der Waals surface area contributed by atoms with Gasteiger partial charge in [0.05, 0.1) is 12.7 Å². The van der Waals surface area contributed by atoms with Gasteiger partial charge in [-0.05, 0) is 20.4 Å². The zero-order valence-corrected chi connectivity index (χ0v) is 17.2. The van der Waals surface area contributed by atoms with Gasteiger partial charge in [0.1, 0.15) is 4.88 Å². The van der Waals surface area contributed by atoms with Gasteiger partial charge in [0.15, 0.2) is 5.88 Å². The van der Waals surface area contributed by atoms with Crippen molar-refractivity contribution in [1.82, 2.24) is 15.2 Å². The first-order chi connectivity index (χ1) is 11.9. The highest BCUT2D eigenvalue weighted by atomic mass is 35.5. The molecule has 1 atom stereocenters. The van der Waals surface area contributed by atoms with E-state index < -0.39 is 6.29 Å². The van der Waals surface area contributed by atoms with Gasteiger partial charge in [0.2, 0.25) is 0 Å². The summed E-state index contributed by atoms with van der Waals surface area (Å²) in [6.45, 7) is 13.2. The first kappa shape index (κ1) is 22.1. The Morgan fingerprint density at radius 1 is 1.54 bits per heavy atom. The third-order valence-corrected chi connectivity index (χ3v) is 4.31. The van der Waals surface area contributed by atoms with E-state index in [1.807, 2.05) is 18.7 Å². The Kier molecular flexibility index (Phi) is 8.76. The quantitative estimate of drug-likeness (QED) is 0.587. The van der Waals surface area contributed by atoms with Gasteiger partial charge in [-0.2, -0.15) is 0 Å². The smallest absolute Gasteiger partial charge is 0.277 e. The zero-order chi connectivity index (χ0) is 18.4. The van der Waals surface area contributed by atoms with Gasteiger partial charge in [-0.25, -0.2) is 4.98 Å². The second-order valence-corrected chi connectivity index (χ2v) is 7.27.